The van der Waals surface area contributed by atoms with Crippen LogP contribution in [0.25, 0.3) is 75.4 Å². The van der Waals surface area contributed by atoms with Crippen LogP contribution in [0.2, 0.25) is 0 Å². The minimum Gasteiger partial charge on any atom is -0.457 e. The van der Waals surface area contributed by atoms with Gasteiger partial charge in [-0.3, -0.25) is 47.9 Å². The number of carbonyl (C=O) groups is 10. The van der Waals surface area contributed by atoms with Gasteiger partial charge in [-0.1, -0.05) is 206 Å². The van der Waals surface area contributed by atoms with Crippen LogP contribution in [0.15, 0.2) is 224 Å². The van der Waals surface area contributed by atoms with E-state index in [-0.39, 0.29) is 78.7 Å². The first kappa shape index (κ1) is 93.5. The van der Waals surface area contributed by atoms with E-state index >= 15 is 47.9 Å². The topological polar surface area (TPSA) is 241 Å². The average molecular weight is 1880 g/mol. The SMILES string of the molecule is CCCCCCN(CCCCCC)c1ccc2c3c(cccc13)C(=O)N(c1ccc(Oc3cc4c5c(ccc6c7c(Oc8ccc(N)cc8)cc8c9c(ccc(c3c56)c97)C(=O)N(c3ccc(N5C(=O)c6cccc7c(N(CCCCCC)CCCCCC)ccc(c67)C5=O)cc3)C8=O)C(=O)N(c3ccc(N5C(=O)c6cccc7c(N(CCCCCC)CCCCCC)ccc(c67)C5=O)cc3)C4=O)cc1)C2=O. The summed E-state index contributed by atoms with van der Waals surface area (Å²) >= 11 is 0. The molecule has 0 aliphatic carbocycles. The number of nitrogens with two attached hydrogens (primary N) is 1. The number of unbranched alkanes of at least 4 members (excludes halogenated alkanes) is 18. The number of nitrogens with zero attached hydrogens (tertiary/aromatic N) is 8. The third-order valence-corrected chi connectivity index (χ3v) is 29.3. The summed E-state index contributed by atoms with van der Waals surface area (Å²) in [6.45, 7) is 18.3. The van der Waals surface area contributed by atoms with E-state index in [4.69, 9.17) is 15.2 Å². The summed E-state index contributed by atoms with van der Waals surface area (Å²) in [6.07, 6.45) is 26.2. The molecule has 5 heterocycles. The molecule has 21 heteroatoms. The smallest absolute Gasteiger partial charge is 0.266 e. The van der Waals surface area contributed by atoms with E-state index in [1.165, 1.54) is 4.90 Å². The van der Waals surface area contributed by atoms with Crippen LogP contribution in [0.5, 0.6) is 23.0 Å². The lowest BCUT2D eigenvalue weighted by atomic mass is 9.81. The third-order valence-electron chi connectivity index (χ3n) is 29.3. The molecule has 10 amide bonds. The number of benzene rings is 15. The summed E-state index contributed by atoms with van der Waals surface area (Å²) in [5, 5.41) is 7.27. The van der Waals surface area contributed by atoms with Crippen LogP contribution in [0.1, 0.15) is 299 Å². The highest BCUT2D eigenvalue weighted by molar-refractivity contribution is 6.48. The molecule has 15 aromatic rings. The molecule has 0 fully saturated rings. The van der Waals surface area contributed by atoms with Crippen LogP contribution in [0.3, 0.4) is 0 Å². The normalized spacial score (nSPS) is 14.0. The molecule has 714 valence electrons. The van der Waals surface area contributed by atoms with Gasteiger partial charge in [-0.15, -0.1) is 0 Å². The van der Waals surface area contributed by atoms with E-state index in [1.54, 1.807) is 152 Å². The van der Waals surface area contributed by atoms with Gasteiger partial charge in [-0.05, 0) is 225 Å². The zero-order chi connectivity index (χ0) is 97.5. The molecule has 0 aromatic heterocycles. The van der Waals surface area contributed by atoms with Gasteiger partial charge in [0.25, 0.3) is 59.1 Å². The molecule has 141 heavy (non-hydrogen) atoms. The summed E-state index contributed by atoms with van der Waals surface area (Å²) in [6, 6.07) is 64.1. The van der Waals surface area contributed by atoms with Crippen LogP contribution < -0.4 is 54.4 Å². The van der Waals surface area contributed by atoms with Crippen LogP contribution in [0, 0.1) is 0 Å². The van der Waals surface area contributed by atoms with E-state index in [1.807, 2.05) is 72.8 Å². The predicted octanol–water partition coefficient (Wildman–Crippen LogP) is 28.3. The van der Waals surface area contributed by atoms with Crippen molar-refractivity contribution < 1.29 is 57.4 Å². The third kappa shape index (κ3) is 16.7. The zero-order valence-electron chi connectivity index (χ0n) is 81.1. The number of hydrogen-bond acceptors (Lipinski definition) is 16. The second kappa shape index (κ2) is 40.0. The van der Waals surface area contributed by atoms with Gasteiger partial charge in [-0.25, -0.2) is 24.5 Å². The molecule has 15 aromatic carbocycles. The van der Waals surface area contributed by atoms with Crippen molar-refractivity contribution in [3.05, 3.63) is 280 Å². The Morgan fingerprint density at radius 2 is 0.440 bits per heavy atom. The molecule has 0 atom stereocenters. The molecule has 5 aliphatic rings. The molecule has 21 nitrogen and oxygen atoms in total. The van der Waals surface area contributed by atoms with Gasteiger partial charge in [0.05, 0.1) is 39.6 Å². The summed E-state index contributed by atoms with van der Waals surface area (Å²) in [4.78, 5) is 168. The maximum atomic E-state index is 16.3. The Labute approximate surface area is 821 Å². The fourth-order valence-corrected chi connectivity index (χ4v) is 22.2. The van der Waals surface area contributed by atoms with Gasteiger partial charge in [0, 0.05) is 171 Å². The molecule has 0 bridgehead atoms. The highest BCUT2D eigenvalue weighted by Gasteiger charge is 2.44. The number of imide groups is 5. The van der Waals surface area contributed by atoms with Crippen molar-refractivity contribution in [2.75, 3.05) is 84.2 Å². The van der Waals surface area contributed by atoms with Crippen molar-refractivity contribution in [1.82, 2.24) is 0 Å². The van der Waals surface area contributed by atoms with Crippen LogP contribution in [0.4, 0.5) is 51.2 Å². The largest absolute Gasteiger partial charge is 0.457 e. The van der Waals surface area contributed by atoms with Crippen LogP contribution in [-0.4, -0.2) is 98.3 Å². The molecule has 0 radical (unpaired) electrons. The minimum atomic E-state index is -0.750. The molecule has 0 unspecified atom stereocenters. The zero-order valence-corrected chi connectivity index (χ0v) is 81.1. The summed E-state index contributed by atoms with van der Waals surface area (Å²) in [5.74, 6) is -5.14. The molecule has 2 N–H and O–H groups in total. The fraction of sp³-hybridized carbons (Fsp3) is 0.300. The van der Waals surface area contributed by atoms with Crippen LogP contribution in [-0.2, 0) is 0 Å². The van der Waals surface area contributed by atoms with Gasteiger partial charge in [0.1, 0.15) is 23.0 Å². The van der Waals surface area contributed by atoms with Gasteiger partial charge in [0.15, 0.2) is 0 Å². The van der Waals surface area contributed by atoms with Crippen molar-refractivity contribution in [2.45, 2.75) is 196 Å². The molecular formula is C120H117N9O12. The van der Waals surface area contributed by atoms with E-state index in [9.17, 15) is 0 Å². The molecule has 20 rings (SSSR count). The van der Waals surface area contributed by atoms with E-state index in [2.05, 4.69) is 56.2 Å². The Hall–Kier alpha value is -15.1. The molecular weight excluding hydrogens is 1760 g/mol. The van der Waals surface area contributed by atoms with Gasteiger partial charge in [-0.2, -0.15) is 0 Å². The molecule has 0 spiro atoms. The average Bonchev–Trinajstić information content (AvgIpc) is 0.675. The first-order chi connectivity index (χ1) is 68.9. The van der Waals surface area contributed by atoms with Crippen molar-refractivity contribution in [2.24, 2.45) is 0 Å². The summed E-state index contributed by atoms with van der Waals surface area (Å²) in [7, 11) is 0. The Balaban J connectivity index is 0.678. The highest BCUT2D eigenvalue weighted by Crippen LogP contribution is 2.55. The van der Waals surface area contributed by atoms with E-state index in [0.717, 1.165) is 246 Å². The van der Waals surface area contributed by atoms with Gasteiger partial charge in [0.2, 0.25) is 0 Å². The quantitative estimate of drug-likeness (QED) is 0.0123. The Morgan fingerprint density at radius 1 is 0.213 bits per heavy atom. The number of hydrogen-bond donors (Lipinski definition) is 1. The highest BCUT2D eigenvalue weighted by atomic mass is 16.5. The molecule has 0 saturated carbocycles. The molecule has 5 aliphatic heterocycles. The maximum absolute atomic E-state index is 16.3. The van der Waals surface area contributed by atoms with Gasteiger partial charge < -0.3 is 29.9 Å². The van der Waals surface area contributed by atoms with E-state index < -0.39 is 59.1 Å². The van der Waals surface area contributed by atoms with Crippen molar-refractivity contribution in [3.8, 4) is 23.0 Å². The lowest BCUT2D eigenvalue weighted by molar-refractivity contribution is 0.0876. The molecule has 0 saturated heterocycles. The summed E-state index contributed by atoms with van der Waals surface area (Å²) in [5.41, 5.74) is 13.4. The van der Waals surface area contributed by atoms with Crippen molar-refractivity contribution in [3.63, 3.8) is 0 Å². The predicted molar refractivity (Wildman–Crippen MR) is 567 cm³/mol. The fourth-order valence-electron chi connectivity index (χ4n) is 22.2. The van der Waals surface area contributed by atoms with Gasteiger partial charge >= 0.3 is 0 Å². The minimum absolute atomic E-state index is 0.0407. The number of ether oxygens (including phenoxy) is 2. The maximum Gasteiger partial charge on any atom is 0.266 e. The van der Waals surface area contributed by atoms with Crippen molar-refractivity contribution in [1.29, 1.82) is 0 Å². The van der Waals surface area contributed by atoms with Crippen LogP contribution >= 0.6 is 0 Å². The number of anilines is 9. The number of fused-ring (bicyclic) bond motifs is 2. The summed E-state index contributed by atoms with van der Waals surface area (Å²) < 4.78 is 14.3. The monoisotopic (exact) mass is 1880 g/mol. The van der Waals surface area contributed by atoms with Crippen molar-refractivity contribution >= 4 is 186 Å². The first-order valence-corrected chi connectivity index (χ1v) is 51.0. The number of rotatable bonds is 42. The number of nitrogen functional groups attached to an aromatic ring is 1. The first-order valence-electron chi connectivity index (χ1n) is 51.0. The second-order valence-corrected chi connectivity index (χ2v) is 38.4. The lowest BCUT2D eigenvalue weighted by Crippen LogP contribution is -2.41. The Bertz CT molecular complexity index is 7460. The number of amides is 10. The van der Waals surface area contributed by atoms with E-state index in [0.29, 0.717) is 93.3 Å². The lowest BCUT2D eigenvalue weighted by Gasteiger charge is -2.32. The Kier molecular flexibility index (Phi) is 26.5. The standard InChI is InChI=1S/C120H117N9O12/c1-7-13-19-25-66-122(67-26-20-14-8-2)97-63-60-90-102-82(97)34-31-37-87(102)111(130)125(114(90)133)75-42-46-77(47-43-75)128-117(136)93-59-57-86-108-101(141-81-54-50-79(51-55-81)127-113(132)89-39-33-36-84-99(65-62-92(104(84)89)116(127)135)124(70-29-23-17-11-5)71-30-24-18-12-6)73-96-106-94(58-56-85(110(106)108)107-100(140-80-52-40-74(121)41-53-80)72-95(119(128)138)105(93)109(86)107)118(137)129(120(96)139)78-48-44-76(45-49-78)126-112(131)88-38-32-35-83-98(64-61-91(103(83)88)115(126)134)123(68-27-21-15-9-3)69-28-22-16-10-4/h31-65,72-73H,7-30,66-71,121H2,1-6H3. The Morgan fingerprint density at radius 3 is 0.702 bits per heavy atom. The second-order valence-electron chi connectivity index (χ2n) is 38.4. The number of carbonyl (C=O) groups excluding carboxylic acids is 10.